The van der Waals surface area contributed by atoms with Crippen molar-refractivity contribution < 1.29 is 9.13 Å². The summed E-state index contributed by atoms with van der Waals surface area (Å²) in [5.74, 6) is 1.38. The van der Waals surface area contributed by atoms with Gasteiger partial charge in [-0.1, -0.05) is 38.1 Å². The maximum Gasteiger partial charge on any atom is 0.133 e. The van der Waals surface area contributed by atoms with Crippen LogP contribution in [0.15, 0.2) is 42.5 Å². The van der Waals surface area contributed by atoms with Crippen LogP contribution in [0.3, 0.4) is 0 Å². The first-order valence-electron chi connectivity index (χ1n) is 7.28. The van der Waals surface area contributed by atoms with Gasteiger partial charge in [0.15, 0.2) is 0 Å². The molecule has 112 valence electrons. The summed E-state index contributed by atoms with van der Waals surface area (Å²) in [6.07, 6.45) is 0.450. The molecule has 0 radical (unpaired) electrons. The summed E-state index contributed by atoms with van der Waals surface area (Å²) in [6.45, 7) is 6.07. The maximum atomic E-state index is 14.0. The molecule has 0 spiro atoms. The van der Waals surface area contributed by atoms with Gasteiger partial charge >= 0.3 is 0 Å². The van der Waals surface area contributed by atoms with Crippen LogP contribution in [-0.2, 0) is 6.42 Å². The number of halogens is 1. The van der Waals surface area contributed by atoms with E-state index in [0.717, 1.165) is 11.3 Å². The molecule has 2 aromatic rings. The molecule has 0 aliphatic heterocycles. The first kappa shape index (κ1) is 15.5. The summed E-state index contributed by atoms with van der Waals surface area (Å²) >= 11 is 0. The van der Waals surface area contributed by atoms with Crippen molar-refractivity contribution in [1.82, 2.24) is 0 Å². The van der Waals surface area contributed by atoms with Gasteiger partial charge in [0.25, 0.3) is 0 Å². The zero-order chi connectivity index (χ0) is 15.4. The van der Waals surface area contributed by atoms with Crippen LogP contribution in [0, 0.1) is 5.82 Å². The first-order chi connectivity index (χ1) is 9.99. The van der Waals surface area contributed by atoms with Crippen LogP contribution in [0.5, 0.6) is 11.5 Å². The highest BCUT2D eigenvalue weighted by molar-refractivity contribution is 5.43. The molecule has 2 rings (SSSR count). The van der Waals surface area contributed by atoms with Gasteiger partial charge < -0.3 is 10.5 Å². The molecule has 0 fully saturated rings. The molecule has 2 aromatic carbocycles. The Kier molecular flexibility index (Phi) is 4.97. The van der Waals surface area contributed by atoms with E-state index < -0.39 is 0 Å². The monoisotopic (exact) mass is 287 g/mol. The van der Waals surface area contributed by atoms with Gasteiger partial charge in [-0.15, -0.1) is 0 Å². The van der Waals surface area contributed by atoms with Gasteiger partial charge in [-0.2, -0.15) is 0 Å². The van der Waals surface area contributed by atoms with Crippen LogP contribution in [-0.4, -0.2) is 6.04 Å². The van der Waals surface area contributed by atoms with Gasteiger partial charge in [0.1, 0.15) is 17.3 Å². The van der Waals surface area contributed by atoms with Gasteiger partial charge in [0, 0.05) is 11.6 Å². The third kappa shape index (κ3) is 3.82. The van der Waals surface area contributed by atoms with E-state index in [1.54, 1.807) is 12.1 Å². The van der Waals surface area contributed by atoms with E-state index in [1.807, 2.05) is 31.2 Å². The van der Waals surface area contributed by atoms with Gasteiger partial charge in [-0.25, -0.2) is 4.39 Å². The number of rotatable bonds is 5. The second kappa shape index (κ2) is 6.72. The Morgan fingerprint density at radius 3 is 2.33 bits per heavy atom. The van der Waals surface area contributed by atoms with Crippen LogP contribution >= 0.6 is 0 Å². The van der Waals surface area contributed by atoms with E-state index in [9.17, 15) is 4.39 Å². The quantitative estimate of drug-likeness (QED) is 0.870. The normalized spacial score (nSPS) is 12.5. The lowest BCUT2D eigenvalue weighted by Gasteiger charge is -2.17. The number of hydrogen-bond donors (Lipinski definition) is 1. The molecular formula is C18H22FNO. The molecule has 1 unspecified atom stereocenters. The molecule has 2 nitrogen and oxygen atoms in total. The summed E-state index contributed by atoms with van der Waals surface area (Å²) in [5.41, 5.74) is 7.45. The van der Waals surface area contributed by atoms with E-state index in [4.69, 9.17) is 10.5 Å². The molecule has 0 heterocycles. The summed E-state index contributed by atoms with van der Waals surface area (Å²) in [6, 6.07) is 12.6. The van der Waals surface area contributed by atoms with Crippen LogP contribution in [0.4, 0.5) is 4.39 Å². The SMILES string of the molecule is CC(N)Cc1c(F)cccc1Oc1ccccc1C(C)C. The van der Waals surface area contributed by atoms with Crippen LogP contribution in [0.25, 0.3) is 0 Å². The topological polar surface area (TPSA) is 35.2 Å². The van der Waals surface area contributed by atoms with Gasteiger partial charge in [-0.05, 0) is 43.0 Å². The Balaban J connectivity index is 2.38. The molecule has 0 saturated carbocycles. The summed E-state index contributed by atoms with van der Waals surface area (Å²) < 4.78 is 20.0. The molecule has 1 atom stereocenters. The van der Waals surface area contributed by atoms with E-state index in [-0.39, 0.29) is 11.9 Å². The minimum Gasteiger partial charge on any atom is -0.457 e. The van der Waals surface area contributed by atoms with Crippen LogP contribution < -0.4 is 10.5 Å². The highest BCUT2D eigenvalue weighted by atomic mass is 19.1. The molecule has 21 heavy (non-hydrogen) atoms. The zero-order valence-electron chi connectivity index (χ0n) is 12.8. The van der Waals surface area contributed by atoms with E-state index >= 15 is 0 Å². The zero-order valence-corrected chi connectivity index (χ0v) is 12.8. The maximum absolute atomic E-state index is 14.0. The van der Waals surface area contributed by atoms with Gasteiger partial charge in [-0.3, -0.25) is 0 Å². The Morgan fingerprint density at radius 2 is 1.67 bits per heavy atom. The molecule has 3 heteroatoms. The highest BCUT2D eigenvalue weighted by Gasteiger charge is 2.14. The Labute approximate surface area is 125 Å². The van der Waals surface area contributed by atoms with E-state index in [2.05, 4.69) is 13.8 Å². The minimum atomic E-state index is -0.271. The van der Waals surface area contributed by atoms with Crippen molar-refractivity contribution in [3.63, 3.8) is 0 Å². The van der Waals surface area contributed by atoms with Crippen molar-refractivity contribution >= 4 is 0 Å². The third-order valence-corrected chi connectivity index (χ3v) is 3.36. The fourth-order valence-corrected chi connectivity index (χ4v) is 2.32. The van der Waals surface area contributed by atoms with Crippen molar-refractivity contribution in [1.29, 1.82) is 0 Å². The number of ether oxygens (including phenoxy) is 1. The van der Waals surface area contributed by atoms with E-state index in [0.29, 0.717) is 23.7 Å². The molecule has 0 aromatic heterocycles. The molecular weight excluding hydrogens is 265 g/mol. The molecule has 0 bridgehead atoms. The summed E-state index contributed by atoms with van der Waals surface area (Å²) in [7, 11) is 0. The largest absolute Gasteiger partial charge is 0.457 e. The molecule has 0 saturated heterocycles. The van der Waals surface area contributed by atoms with Crippen molar-refractivity contribution in [2.45, 2.75) is 39.2 Å². The second-order valence-electron chi connectivity index (χ2n) is 5.69. The smallest absolute Gasteiger partial charge is 0.133 e. The molecule has 0 aliphatic carbocycles. The first-order valence-corrected chi connectivity index (χ1v) is 7.28. The summed E-state index contributed by atoms with van der Waals surface area (Å²) in [5, 5.41) is 0. The number of benzene rings is 2. The Morgan fingerprint density at radius 1 is 1.00 bits per heavy atom. The number of hydrogen-bond acceptors (Lipinski definition) is 2. The molecule has 0 amide bonds. The average molecular weight is 287 g/mol. The average Bonchev–Trinajstić information content (AvgIpc) is 2.42. The predicted molar refractivity (Wildman–Crippen MR) is 84.4 cm³/mol. The number of para-hydroxylation sites is 1. The van der Waals surface area contributed by atoms with Crippen molar-refractivity contribution in [2.75, 3.05) is 0 Å². The fourth-order valence-electron chi connectivity index (χ4n) is 2.32. The lowest BCUT2D eigenvalue weighted by molar-refractivity contribution is 0.456. The molecule has 0 aliphatic rings. The van der Waals surface area contributed by atoms with Gasteiger partial charge in [0.2, 0.25) is 0 Å². The van der Waals surface area contributed by atoms with Gasteiger partial charge in [0.05, 0.1) is 0 Å². The predicted octanol–water partition coefficient (Wildman–Crippen LogP) is 4.63. The standard InChI is InChI=1S/C18H22FNO/c1-12(2)14-7-4-5-9-17(14)21-18-10-6-8-16(19)15(18)11-13(3)20/h4-10,12-13H,11,20H2,1-3H3. The van der Waals surface area contributed by atoms with Crippen LogP contribution in [0.1, 0.15) is 37.8 Å². The second-order valence-corrected chi connectivity index (χ2v) is 5.69. The Hall–Kier alpha value is -1.87. The summed E-state index contributed by atoms with van der Waals surface area (Å²) in [4.78, 5) is 0. The fraction of sp³-hybridized carbons (Fsp3) is 0.333. The van der Waals surface area contributed by atoms with E-state index in [1.165, 1.54) is 6.07 Å². The van der Waals surface area contributed by atoms with Crippen LogP contribution in [0.2, 0.25) is 0 Å². The Bertz CT molecular complexity index is 608. The minimum absolute atomic E-state index is 0.121. The van der Waals surface area contributed by atoms with Crippen molar-refractivity contribution in [3.05, 3.63) is 59.4 Å². The number of nitrogens with two attached hydrogens (primary N) is 1. The lowest BCUT2D eigenvalue weighted by atomic mass is 10.0. The van der Waals surface area contributed by atoms with Crippen molar-refractivity contribution in [2.24, 2.45) is 5.73 Å². The highest BCUT2D eigenvalue weighted by Crippen LogP contribution is 2.33. The molecule has 2 N–H and O–H groups in total. The lowest BCUT2D eigenvalue weighted by Crippen LogP contribution is -2.19. The third-order valence-electron chi connectivity index (χ3n) is 3.36. The van der Waals surface area contributed by atoms with Crippen molar-refractivity contribution in [3.8, 4) is 11.5 Å².